The van der Waals surface area contributed by atoms with E-state index in [1.54, 1.807) is 13.2 Å². The smallest absolute Gasteiger partial charge is 0.331 e. The highest BCUT2D eigenvalue weighted by Gasteiger charge is 2.23. The normalized spacial score (nSPS) is 11.4. The Morgan fingerprint density at radius 2 is 1.42 bits per heavy atom. The minimum Gasteiger partial charge on any atom is -0.497 e. The van der Waals surface area contributed by atoms with Crippen LogP contribution in [0.2, 0.25) is 0 Å². The topological polar surface area (TPSA) is 80.0 Å². The van der Waals surface area contributed by atoms with Gasteiger partial charge in [0.1, 0.15) is 36.1 Å². The number of ether oxygens (including phenoxy) is 4. The van der Waals surface area contributed by atoms with Crippen LogP contribution >= 0.6 is 0 Å². The van der Waals surface area contributed by atoms with Gasteiger partial charge in [0.15, 0.2) is 5.76 Å². The predicted molar refractivity (Wildman–Crippen MR) is 175 cm³/mol. The molecule has 0 saturated heterocycles. The van der Waals surface area contributed by atoms with Crippen molar-refractivity contribution in [2.75, 3.05) is 7.11 Å². The van der Waals surface area contributed by atoms with E-state index in [-0.39, 0.29) is 0 Å². The van der Waals surface area contributed by atoms with Crippen molar-refractivity contribution in [2.45, 2.75) is 46.5 Å². The maximum Gasteiger partial charge on any atom is 0.331 e. The van der Waals surface area contributed by atoms with Crippen LogP contribution in [0.1, 0.15) is 43.2 Å². The number of aromatic nitrogens is 1. The lowest BCUT2D eigenvalue weighted by molar-refractivity contribution is -0.148. The number of benzene rings is 4. The molecular weight excluding hydrogens is 566 g/mol. The fourth-order valence-corrected chi connectivity index (χ4v) is 4.75. The minimum atomic E-state index is -0.626. The summed E-state index contributed by atoms with van der Waals surface area (Å²) in [6.07, 6.45) is 3.09. The summed E-state index contributed by atoms with van der Waals surface area (Å²) in [6.45, 7) is 8.04. The van der Waals surface area contributed by atoms with E-state index in [4.69, 9.17) is 23.5 Å². The van der Waals surface area contributed by atoms with E-state index in [2.05, 4.69) is 5.16 Å². The van der Waals surface area contributed by atoms with Crippen LogP contribution in [-0.2, 0) is 22.7 Å². The summed E-state index contributed by atoms with van der Waals surface area (Å²) in [5, 5.41) is 4.33. The molecule has 0 saturated carbocycles. The number of methoxy groups -OCH3 is 1. The van der Waals surface area contributed by atoms with Crippen LogP contribution in [0.5, 0.6) is 17.2 Å². The standard InChI is InChI=1S/C38H37NO6/c1-26-36(29-16-19-31(41-5)20-17-29)37(45-39-26)32-22-30(18-21-35(40)44-38(2,3)4)33(42-24-27-12-8-6-9-13-27)23-34(32)43-25-28-14-10-7-11-15-28/h6-23H,24-25H2,1-5H3. The summed E-state index contributed by atoms with van der Waals surface area (Å²) in [6, 6.07) is 31.3. The van der Waals surface area contributed by atoms with E-state index in [1.807, 2.05) is 125 Å². The molecular formula is C38H37NO6. The molecule has 0 fully saturated rings. The molecule has 1 aromatic heterocycles. The van der Waals surface area contributed by atoms with E-state index in [0.717, 1.165) is 33.7 Å². The molecule has 0 aliphatic rings. The van der Waals surface area contributed by atoms with Crippen LogP contribution < -0.4 is 14.2 Å². The largest absolute Gasteiger partial charge is 0.497 e. The molecule has 0 spiro atoms. The monoisotopic (exact) mass is 603 g/mol. The number of carbonyl (C=O) groups is 1. The highest BCUT2D eigenvalue weighted by Crippen LogP contribution is 2.43. The Morgan fingerprint density at radius 1 is 0.822 bits per heavy atom. The van der Waals surface area contributed by atoms with Gasteiger partial charge in [0.05, 0.1) is 23.9 Å². The Kier molecular flexibility index (Phi) is 9.68. The van der Waals surface area contributed by atoms with Crippen molar-refractivity contribution in [3.8, 4) is 39.7 Å². The molecule has 0 bridgehead atoms. The summed E-state index contributed by atoms with van der Waals surface area (Å²) in [5.74, 6) is 1.89. The van der Waals surface area contributed by atoms with Gasteiger partial charge in [-0.2, -0.15) is 0 Å². The van der Waals surface area contributed by atoms with Gasteiger partial charge in [-0.05, 0) is 68.7 Å². The van der Waals surface area contributed by atoms with Crippen LogP contribution in [0, 0.1) is 6.92 Å². The van der Waals surface area contributed by atoms with Crippen molar-refractivity contribution in [3.05, 3.63) is 126 Å². The van der Waals surface area contributed by atoms with Gasteiger partial charge in [0.25, 0.3) is 0 Å². The first-order chi connectivity index (χ1) is 21.7. The molecule has 230 valence electrons. The summed E-state index contributed by atoms with van der Waals surface area (Å²) in [5.41, 5.74) is 5.15. The number of carbonyl (C=O) groups excluding carboxylic acids is 1. The van der Waals surface area contributed by atoms with Gasteiger partial charge in [-0.25, -0.2) is 4.79 Å². The zero-order valence-electron chi connectivity index (χ0n) is 26.2. The fraction of sp³-hybridized carbons (Fsp3) is 0.211. The maximum absolute atomic E-state index is 12.7. The molecule has 0 unspecified atom stereocenters. The number of esters is 1. The molecule has 0 aliphatic carbocycles. The molecule has 0 N–H and O–H groups in total. The van der Waals surface area contributed by atoms with E-state index >= 15 is 0 Å². The highest BCUT2D eigenvalue weighted by atomic mass is 16.6. The molecule has 4 aromatic carbocycles. The van der Waals surface area contributed by atoms with Gasteiger partial charge in [-0.3, -0.25) is 0 Å². The van der Waals surface area contributed by atoms with E-state index < -0.39 is 11.6 Å². The van der Waals surface area contributed by atoms with Crippen LogP contribution in [0.15, 0.2) is 108 Å². The van der Waals surface area contributed by atoms with Gasteiger partial charge in [0, 0.05) is 17.7 Å². The first-order valence-corrected chi connectivity index (χ1v) is 14.7. The molecule has 0 atom stereocenters. The molecule has 0 aliphatic heterocycles. The van der Waals surface area contributed by atoms with Gasteiger partial charge in [-0.1, -0.05) is 78.0 Å². The third kappa shape index (κ3) is 8.21. The van der Waals surface area contributed by atoms with Crippen molar-refractivity contribution in [2.24, 2.45) is 0 Å². The molecule has 5 rings (SSSR count). The first kappa shape index (κ1) is 31.1. The SMILES string of the molecule is COc1ccc(-c2c(C)noc2-c2cc(C=CC(=O)OC(C)(C)C)c(OCc3ccccc3)cc2OCc2ccccc2)cc1. The number of nitrogens with zero attached hydrogens (tertiary/aromatic N) is 1. The van der Waals surface area contributed by atoms with Crippen molar-refractivity contribution in [1.82, 2.24) is 5.16 Å². The second-order valence-electron chi connectivity index (χ2n) is 11.5. The highest BCUT2D eigenvalue weighted by molar-refractivity contribution is 5.90. The molecule has 0 radical (unpaired) electrons. The Labute approximate surface area is 264 Å². The lowest BCUT2D eigenvalue weighted by Crippen LogP contribution is -2.22. The molecule has 45 heavy (non-hydrogen) atoms. The summed E-state index contributed by atoms with van der Waals surface area (Å²) in [7, 11) is 1.63. The Balaban J connectivity index is 1.62. The quantitative estimate of drug-likeness (QED) is 0.110. The van der Waals surface area contributed by atoms with E-state index in [0.29, 0.717) is 41.6 Å². The van der Waals surface area contributed by atoms with Crippen molar-refractivity contribution < 1.29 is 28.3 Å². The molecule has 0 amide bonds. The molecule has 5 aromatic rings. The van der Waals surface area contributed by atoms with Crippen LogP contribution in [0.3, 0.4) is 0 Å². The Bertz CT molecular complexity index is 1750. The summed E-state index contributed by atoms with van der Waals surface area (Å²) >= 11 is 0. The Hall–Kier alpha value is -5.30. The van der Waals surface area contributed by atoms with E-state index in [9.17, 15) is 4.79 Å². The average molecular weight is 604 g/mol. The predicted octanol–water partition coefficient (Wildman–Crippen LogP) is 8.84. The first-order valence-electron chi connectivity index (χ1n) is 14.7. The third-order valence-electron chi connectivity index (χ3n) is 6.88. The Morgan fingerprint density at radius 3 is 2.00 bits per heavy atom. The van der Waals surface area contributed by atoms with Gasteiger partial charge in [0.2, 0.25) is 0 Å². The van der Waals surface area contributed by atoms with Gasteiger partial charge >= 0.3 is 5.97 Å². The number of hydrogen-bond donors (Lipinski definition) is 0. The minimum absolute atomic E-state index is 0.323. The third-order valence-corrected chi connectivity index (χ3v) is 6.88. The average Bonchev–Trinajstić information content (AvgIpc) is 3.43. The summed E-state index contributed by atoms with van der Waals surface area (Å²) in [4.78, 5) is 12.7. The zero-order valence-corrected chi connectivity index (χ0v) is 26.2. The van der Waals surface area contributed by atoms with Crippen LogP contribution in [-0.4, -0.2) is 23.8 Å². The molecule has 7 nitrogen and oxygen atoms in total. The van der Waals surface area contributed by atoms with Crippen LogP contribution in [0.25, 0.3) is 28.5 Å². The number of rotatable bonds is 11. The maximum atomic E-state index is 12.7. The van der Waals surface area contributed by atoms with Crippen molar-refractivity contribution in [3.63, 3.8) is 0 Å². The van der Waals surface area contributed by atoms with Crippen molar-refractivity contribution in [1.29, 1.82) is 0 Å². The lowest BCUT2D eigenvalue weighted by Gasteiger charge is -2.18. The second kappa shape index (κ2) is 14.0. The second-order valence-corrected chi connectivity index (χ2v) is 11.5. The number of hydrogen-bond acceptors (Lipinski definition) is 7. The van der Waals surface area contributed by atoms with E-state index in [1.165, 1.54) is 6.08 Å². The van der Waals surface area contributed by atoms with Crippen LogP contribution in [0.4, 0.5) is 0 Å². The van der Waals surface area contributed by atoms with Crippen molar-refractivity contribution >= 4 is 12.0 Å². The van der Waals surface area contributed by atoms with Gasteiger partial charge in [-0.15, -0.1) is 0 Å². The molecule has 7 heteroatoms. The van der Waals surface area contributed by atoms with Gasteiger partial charge < -0.3 is 23.5 Å². The molecule has 1 heterocycles. The zero-order chi connectivity index (χ0) is 31.8. The summed E-state index contributed by atoms with van der Waals surface area (Å²) < 4.78 is 29.7. The fourth-order valence-electron chi connectivity index (χ4n) is 4.75. The number of aryl methyl sites for hydroxylation is 1. The lowest BCUT2D eigenvalue weighted by atomic mass is 9.97.